The third-order valence-corrected chi connectivity index (χ3v) is 10.7. The van der Waals surface area contributed by atoms with Crippen molar-refractivity contribution in [3.8, 4) is 33.6 Å². The monoisotopic (exact) mass is 810 g/mol. The van der Waals surface area contributed by atoms with E-state index in [0.717, 1.165) is 46.5 Å². The van der Waals surface area contributed by atoms with E-state index in [1.54, 1.807) is 34.5 Å². The maximum absolute atomic E-state index is 13.9. The average Bonchev–Trinajstić information content (AvgIpc) is 4.15. The second-order valence-corrected chi connectivity index (χ2v) is 14.3. The van der Waals surface area contributed by atoms with Crippen molar-refractivity contribution in [1.82, 2.24) is 40.6 Å². The molecular formula is C44H46N10O6. The molecule has 4 heterocycles. The summed E-state index contributed by atoms with van der Waals surface area (Å²) in [4.78, 5) is 56.0. The molecule has 0 bridgehead atoms. The average molecular weight is 811 g/mol. The Morgan fingerprint density at radius 1 is 0.617 bits per heavy atom. The molecule has 3 amide bonds. The smallest absolute Gasteiger partial charge is 0.407 e. The molecule has 0 radical (unpaired) electrons. The molecule has 0 spiro atoms. The summed E-state index contributed by atoms with van der Waals surface area (Å²) in [6.45, 7) is 2.16. The summed E-state index contributed by atoms with van der Waals surface area (Å²) in [5.74, 6) is 0.556. The van der Waals surface area contributed by atoms with Crippen molar-refractivity contribution >= 4 is 29.8 Å². The maximum Gasteiger partial charge on any atom is 0.407 e. The quantitative estimate of drug-likeness (QED) is 0.0943. The highest BCUT2D eigenvalue weighted by Crippen LogP contribution is 2.31. The zero-order chi connectivity index (χ0) is 41.6. The fraction of sp³-hybridized carbons (Fsp3) is 0.250. The number of H-pyrrole nitrogens is 2. The van der Waals surface area contributed by atoms with E-state index >= 15 is 0 Å². The van der Waals surface area contributed by atoms with E-state index < -0.39 is 24.6 Å². The van der Waals surface area contributed by atoms with E-state index in [1.165, 1.54) is 14.2 Å². The van der Waals surface area contributed by atoms with Crippen LogP contribution in [0.2, 0.25) is 0 Å². The first-order chi connectivity index (χ1) is 29.3. The first-order valence-corrected chi connectivity index (χ1v) is 19.7. The summed E-state index contributed by atoms with van der Waals surface area (Å²) >= 11 is 0. The van der Waals surface area contributed by atoms with E-state index in [9.17, 15) is 19.5 Å². The fourth-order valence-electron chi connectivity index (χ4n) is 7.56. The van der Waals surface area contributed by atoms with Crippen molar-refractivity contribution in [2.75, 3.05) is 50.4 Å². The Morgan fingerprint density at radius 2 is 1.05 bits per heavy atom. The fourth-order valence-corrected chi connectivity index (χ4v) is 7.56. The Kier molecular flexibility index (Phi) is 11.8. The topological polar surface area (TPSA) is 184 Å². The van der Waals surface area contributed by atoms with Crippen molar-refractivity contribution in [1.29, 1.82) is 0 Å². The zero-order valence-electron chi connectivity index (χ0n) is 33.2. The molecule has 16 nitrogen and oxygen atoms in total. The van der Waals surface area contributed by atoms with Gasteiger partial charge in [0.25, 0.3) is 11.8 Å². The number of imidazole rings is 2. The third kappa shape index (κ3) is 8.42. The molecule has 2 saturated heterocycles. The summed E-state index contributed by atoms with van der Waals surface area (Å²) in [6, 6.07) is 32.9. The maximum atomic E-state index is 13.9. The number of nitrogens with zero attached hydrogens (tertiary/aromatic N) is 6. The number of hydrazine groups is 2. The van der Waals surface area contributed by atoms with Gasteiger partial charge in [-0.1, -0.05) is 109 Å². The molecule has 6 aromatic rings. The lowest BCUT2D eigenvalue weighted by Gasteiger charge is -2.32. The number of carbonyl (C=O) groups excluding carboxylic acids is 3. The summed E-state index contributed by atoms with van der Waals surface area (Å²) < 4.78 is 9.82. The highest BCUT2D eigenvalue weighted by Gasteiger charge is 2.37. The molecule has 2 unspecified atom stereocenters. The molecule has 60 heavy (non-hydrogen) atoms. The number of hydrogen-bond donors (Lipinski definition) is 5. The van der Waals surface area contributed by atoms with Crippen molar-refractivity contribution in [3.63, 3.8) is 0 Å². The minimum Gasteiger partial charge on any atom is -0.453 e. The van der Waals surface area contributed by atoms with Crippen molar-refractivity contribution < 1.29 is 29.0 Å². The van der Waals surface area contributed by atoms with Crippen LogP contribution in [0.25, 0.3) is 33.6 Å². The SMILES string of the molecule is COC(=O)NC(C(=O)N1CCCN1c1ncc(-c2ccc(-c3ccc(-c4cnc(N5CCCN5C(=O)[C@H](NC(O)OC)c5ccccc5)[nH]4)cc3)cc2)[nH]1)c1ccccc1. The Morgan fingerprint density at radius 3 is 1.50 bits per heavy atom. The summed E-state index contributed by atoms with van der Waals surface area (Å²) in [5.41, 5.74) is 6.90. The Labute approximate surface area is 346 Å². The van der Waals surface area contributed by atoms with Crippen LogP contribution in [0, 0.1) is 0 Å². The second-order valence-electron chi connectivity index (χ2n) is 14.3. The molecule has 308 valence electrons. The first kappa shape index (κ1) is 39.8. The molecule has 0 saturated carbocycles. The number of ether oxygens (including phenoxy) is 2. The summed E-state index contributed by atoms with van der Waals surface area (Å²) in [5, 5.41) is 22.7. The van der Waals surface area contributed by atoms with Crippen LogP contribution < -0.4 is 20.7 Å². The molecule has 3 atom stereocenters. The highest BCUT2D eigenvalue weighted by atomic mass is 16.6. The van der Waals surface area contributed by atoms with Gasteiger partial charge in [0.15, 0.2) is 0 Å². The highest BCUT2D eigenvalue weighted by molar-refractivity contribution is 5.88. The van der Waals surface area contributed by atoms with E-state index in [2.05, 4.69) is 54.8 Å². The van der Waals surface area contributed by atoms with Gasteiger partial charge in [-0.3, -0.25) is 24.9 Å². The van der Waals surface area contributed by atoms with Gasteiger partial charge in [-0.15, -0.1) is 0 Å². The van der Waals surface area contributed by atoms with Gasteiger partial charge in [-0.05, 0) is 46.2 Å². The van der Waals surface area contributed by atoms with Crippen molar-refractivity contribution in [2.45, 2.75) is 31.3 Å². The van der Waals surface area contributed by atoms with Crippen LogP contribution in [0.4, 0.5) is 16.7 Å². The van der Waals surface area contributed by atoms with Crippen LogP contribution in [-0.4, -0.2) is 99.8 Å². The Hall–Kier alpha value is -7.01. The largest absolute Gasteiger partial charge is 0.453 e. The molecule has 4 aromatic carbocycles. The van der Waals surface area contributed by atoms with E-state index in [-0.39, 0.29) is 11.8 Å². The third-order valence-electron chi connectivity index (χ3n) is 10.7. The number of amides is 3. The number of aromatic amines is 2. The zero-order valence-corrected chi connectivity index (χ0v) is 33.2. The molecule has 5 N–H and O–H groups in total. The van der Waals surface area contributed by atoms with E-state index in [1.807, 2.05) is 82.8 Å². The molecule has 16 heteroatoms. The van der Waals surface area contributed by atoms with Crippen LogP contribution in [0.1, 0.15) is 36.1 Å². The molecular weight excluding hydrogens is 765 g/mol. The number of rotatable bonds is 13. The molecule has 2 fully saturated rings. The van der Waals surface area contributed by atoms with Gasteiger partial charge < -0.3 is 29.9 Å². The van der Waals surface area contributed by atoms with Crippen LogP contribution in [0.5, 0.6) is 0 Å². The van der Waals surface area contributed by atoms with Gasteiger partial charge >= 0.3 is 6.09 Å². The number of hydrogen-bond acceptors (Lipinski definition) is 11. The van der Waals surface area contributed by atoms with Crippen molar-refractivity contribution in [2.24, 2.45) is 0 Å². The Bertz CT molecular complexity index is 2390. The van der Waals surface area contributed by atoms with E-state index in [0.29, 0.717) is 49.2 Å². The molecule has 0 aliphatic carbocycles. The molecule has 2 aliphatic heterocycles. The molecule has 2 aromatic heterocycles. The number of alkyl carbamates (subject to hydrolysis) is 1. The number of methoxy groups -OCH3 is 2. The van der Waals surface area contributed by atoms with Crippen molar-refractivity contribution in [3.05, 3.63) is 133 Å². The van der Waals surface area contributed by atoms with Crippen LogP contribution >= 0.6 is 0 Å². The minimum atomic E-state index is -1.32. The molecule has 8 rings (SSSR count). The van der Waals surface area contributed by atoms with Gasteiger partial charge in [0.05, 0.1) is 30.9 Å². The summed E-state index contributed by atoms with van der Waals surface area (Å²) in [6.07, 6.45) is 3.01. The predicted octanol–water partition coefficient (Wildman–Crippen LogP) is 5.39. The number of aromatic nitrogens is 4. The minimum absolute atomic E-state index is 0.232. The molecule has 2 aliphatic rings. The number of aliphatic hydroxyl groups is 1. The number of anilines is 2. The Balaban J connectivity index is 0.927. The lowest BCUT2D eigenvalue weighted by Crippen LogP contribution is -2.49. The van der Waals surface area contributed by atoms with Crippen LogP contribution in [-0.2, 0) is 19.1 Å². The normalized spacial score (nSPS) is 15.5. The first-order valence-electron chi connectivity index (χ1n) is 19.7. The number of nitrogens with one attached hydrogen (secondary N) is 4. The summed E-state index contributed by atoms with van der Waals surface area (Å²) in [7, 11) is 2.63. The van der Waals surface area contributed by atoms with Gasteiger partial charge in [0.1, 0.15) is 12.1 Å². The van der Waals surface area contributed by atoms with Crippen LogP contribution in [0.15, 0.2) is 122 Å². The lowest BCUT2D eigenvalue weighted by molar-refractivity contribution is -0.142. The van der Waals surface area contributed by atoms with Crippen LogP contribution in [0.3, 0.4) is 0 Å². The van der Waals surface area contributed by atoms with Gasteiger partial charge in [-0.25, -0.2) is 24.8 Å². The lowest BCUT2D eigenvalue weighted by atomic mass is 10.0. The van der Waals surface area contributed by atoms with Gasteiger partial charge in [0, 0.05) is 33.3 Å². The van der Waals surface area contributed by atoms with E-state index in [4.69, 9.17) is 9.47 Å². The number of carbonyl (C=O) groups is 3. The van der Waals surface area contributed by atoms with Gasteiger partial charge in [0.2, 0.25) is 18.3 Å². The van der Waals surface area contributed by atoms with Gasteiger partial charge in [-0.2, -0.15) is 0 Å². The predicted molar refractivity (Wildman–Crippen MR) is 224 cm³/mol. The standard InChI is InChI=1S/C44H46N10O6/c1-59-43(57)49-37(33-11-5-3-6-12-33)39(55)51-23-9-25-53(51)41-45-27-35(47-41)31-19-15-29(16-20-31)30-17-21-32(22-18-30)36-28-46-42(48-36)54-26-10-24-52(54)40(56)38(50-44(58)60-2)34-13-7-4-8-14-34/h3-8,11-22,27-28,37-38,43,49,57H,9-10,23-26H2,1-2H3,(H,45,47)(H,46,48)(H,50,58)/t37-,38?,43?/m1/s1. The number of benzene rings is 4. The number of aliphatic hydroxyl groups excluding tert-OH is 1. The second kappa shape index (κ2) is 17.9.